The van der Waals surface area contributed by atoms with Gasteiger partial charge >= 0.3 is 0 Å². The van der Waals surface area contributed by atoms with Crippen molar-refractivity contribution in [2.24, 2.45) is 0 Å². The maximum Gasteiger partial charge on any atom is 0.136 e. The summed E-state index contributed by atoms with van der Waals surface area (Å²) in [6.45, 7) is 0. The Kier molecular flexibility index (Phi) is 4.21. The molecule has 2 heteroatoms. The van der Waals surface area contributed by atoms with Crippen LogP contribution in [0.1, 0.15) is 0 Å². The third-order valence-electron chi connectivity index (χ3n) is 8.99. The monoisotopic (exact) mass is 534 g/mol. The van der Waals surface area contributed by atoms with Gasteiger partial charge in [0.05, 0.1) is 0 Å². The lowest BCUT2D eigenvalue weighted by Crippen LogP contribution is -1.91. The molecule has 8 aromatic carbocycles. The molecular formula is C40H22O2. The lowest BCUT2D eigenvalue weighted by Gasteiger charge is -2.18. The second kappa shape index (κ2) is 7.99. The zero-order valence-corrected chi connectivity index (χ0v) is 22.5. The van der Waals surface area contributed by atoms with Crippen LogP contribution >= 0.6 is 0 Å². The van der Waals surface area contributed by atoms with Crippen LogP contribution in [-0.2, 0) is 0 Å². The third-order valence-corrected chi connectivity index (χ3v) is 8.99. The van der Waals surface area contributed by atoms with E-state index in [4.69, 9.17) is 8.83 Å². The van der Waals surface area contributed by atoms with Gasteiger partial charge in [-0.2, -0.15) is 0 Å². The van der Waals surface area contributed by atoms with Gasteiger partial charge in [0.2, 0.25) is 0 Å². The molecule has 0 radical (unpaired) electrons. The highest BCUT2D eigenvalue weighted by Gasteiger charge is 2.20. The minimum absolute atomic E-state index is 0.912. The topological polar surface area (TPSA) is 26.3 Å². The summed E-state index contributed by atoms with van der Waals surface area (Å²) in [5, 5.41) is 12.0. The lowest BCUT2D eigenvalue weighted by molar-refractivity contribution is 0.669. The number of fused-ring (bicyclic) bond motifs is 5. The fourth-order valence-corrected chi connectivity index (χ4v) is 7.23. The van der Waals surface area contributed by atoms with E-state index in [1.807, 2.05) is 12.1 Å². The zero-order chi connectivity index (χ0) is 27.4. The molecule has 0 fully saturated rings. The highest BCUT2D eigenvalue weighted by atomic mass is 16.3. The Morgan fingerprint density at radius 3 is 1.64 bits per heavy atom. The molecule has 0 atom stereocenters. The maximum absolute atomic E-state index is 6.45. The molecule has 0 N–H and O–H groups in total. The first-order chi connectivity index (χ1) is 20.8. The highest BCUT2D eigenvalue weighted by molar-refractivity contribution is 6.26. The number of hydrogen-bond donors (Lipinski definition) is 0. The van der Waals surface area contributed by atoms with Crippen LogP contribution in [0.25, 0.3) is 98.4 Å². The Bertz CT molecular complexity index is 2630. The van der Waals surface area contributed by atoms with Crippen LogP contribution in [0, 0.1) is 0 Å². The normalized spacial score (nSPS) is 12.3. The van der Waals surface area contributed by atoms with Crippen LogP contribution in [-0.4, -0.2) is 0 Å². The molecule has 0 aliphatic carbocycles. The first kappa shape index (κ1) is 22.1. The fourth-order valence-electron chi connectivity index (χ4n) is 7.23. The van der Waals surface area contributed by atoms with Crippen molar-refractivity contribution in [2.45, 2.75) is 0 Å². The van der Waals surface area contributed by atoms with Gasteiger partial charge in [0.1, 0.15) is 22.3 Å². The Hall–Kier alpha value is -5.60. The Morgan fingerprint density at radius 2 is 0.881 bits per heavy atom. The lowest BCUT2D eigenvalue weighted by atomic mass is 9.85. The predicted octanol–water partition coefficient (Wildman–Crippen LogP) is 11.7. The largest absolute Gasteiger partial charge is 0.456 e. The number of furan rings is 2. The number of hydrogen-bond acceptors (Lipinski definition) is 2. The van der Waals surface area contributed by atoms with Gasteiger partial charge in [-0.05, 0) is 91.0 Å². The van der Waals surface area contributed by atoms with E-state index in [1.54, 1.807) is 0 Å². The van der Waals surface area contributed by atoms with Gasteiger partial charge in [-0.3, -0.25) is 0 Å². The SMILES string of the molecule is c1ccc2c(c1)oc1ccc(-c3c4ccccc4c(-c4cc5ccc6cccc7oc(c4)c5c67)c4ccccc34)cc12. The Labute approximate surface area is 240 Å². The van der Waals surface area contributed by atoms with Crippen LogP contribution < -0.4 is 0 Å². The first-order valence-electron chi connectivity index (χ1n) is 14.3. The van der Waals surface area contributed by atoms with Crippen LogP contribution in [0.3, 0.4) is 0 Å². The molecule has 0 spiro atoms. The van der Waals surface area contributed by atoms with Crippen molar-refractivity contribution in [3.05, 3.63) is 133 Å². The van der Waals surface area contributed by atoms with Gasteiger partial charge in [0.15, 0.2) is 0 Å². The molecule has 10 rings (SSSR count). The fraction of sp³-hybridized carbons (Fsp3) is 0. The predicted molar refractivity (Wildman–Crippen MR) is 176 cm³/mol. The van der Waals surface area contributed by atoms with Crippen LogP contribution in [0.2, 0.25) is 0 Å². The van der Waals surface area contributed by atoms with Crippen LogP contribution in [0.15, 0.2) is 142 Å². The summed E-state index contributed by atoms with van der Waals surface area (Å²) in [6, 6.07) is 47.8. The van der Waals surface area contributed by atoms with Crippen LogP contribution in [0.4, 0.5) is 0 Å². The van der Waals surface area contributed by atoms with Crippen LogP contribution in [0.5, 0.6) is 0 Å². The minimum atomic E-state index is 0.912. The third kappa shape index (κ3) is 2.88. The standard InChI is InChI=1S/C40H22O2/c1-3-12-30-28(10-1)37(25-18-19-34-32(21-25)27-9-5-6-14-33(27)41-34)29-11-2-4-13-31(29)38(30)26-20-24-17-16-23-8-7-15-35-39(23)40(24)36(22-26)42-35/h1-22H. The molecule has 0 aliphatic rings. The Balaban J connectivity index is 1.32. The molecule has 0 amide bonds. The van der Waals surface area contributed by atoms with Crippen molar-refractivity contribution in [3.63, 3.8) is 0 Å². The smallest absolute Gasteiger partial charge is 0.136 e. The van der Waals surface area contributed by atoms with Crippen molar-refractivity contribution < 1.29 is 8.83 Å². The van der Waals surface area contributed by atoms with E-state index in [2.05, 4.69) is 121 Å². The maximum atomic E-state index is 6.45. The molecule has 0 saturated carbocycles. The van der Waals surface area contributed by atoms with Gasteiger partial charge in [0.25, 0.3) is 0 Å². The van der Waals surface area contributed by atoms with Gasteiger partial charge in [-0.1, -0.05) is 97.1 Å². The summed E-state index contributed by atoms with van der Waals surface area (Å²) < 4.78 is 12.6. The van der Waals surface area contributed by atoms with E-state index in [9.17, 15) is 0 Å². The first-order valence-corrected chi connectivity index (χ1v) is 14.3. The quantitative estimate of drug-likeness (QED) is 0.163. The van der Waals surface area contributed by atoms with Crippen molar-refractivity contribution >= 4 is 76.2 Å². The van der Waals surface area contributed by atoms with E-state index < -0.39 is 0 Å². The van der Waals surface area contributed by atoms with E-state index in [0.29, 0.717) is 0 Å². The summed E-state index contributed by atoms with van der Waals surface area (Å²) in [5.41, 5.74) is 8.54. The molecule has 2 aromatic heterocycles. The van der Waals surface area contributed by atoms with Gasteiger partial charge in [-0.15, -0.1) is 0 Å². The molecule has 0 unspecified atom stereocenters. The number of rotatable bonds is 2. The molecule has 0 saturated heterocycles. The second-order valence-corrected chi connectivity index (χ2v) is 11.2. The van der Waals surface area contributed by atoms with Crippen molar-refractivity contribution in [1.29, 1.82) is 0 Å². The average Bonchev–Trinajstić information content (AvgIpc) is 3.61. The molecule has 0 aliphatic heterocycles. The summed E-state index contributed by atoms with van der Waals surface area (Å²) in [7, 11) is 0. The number of benzene rings is 8. The highest BCUT2D eigenvalue weighted by Crippen LogP contribution is 2.47. The summed E-state index contributed by atoms with van der Waals surface area (Å²) >= 11 is 0. The van der Waals surface area contributed by atoms with Gasteiger partial charge < -0.3 is 8.83 Å². The molecule has 42 heavy (non-hydrogen) atoms. The molecule has 0 bridgehead atoms. The second-order valence-electron chi connectivity index (χ2n) is 11.2. The van der Waals surface area contributed by atoms with Crippen molar-refractivity contribution in [2.75, 3.05) is 0 Å². The van der Waals surface area contributed by atoms with E-state index >= 15 is 0 Å². The van der Waals surface area contributed by atoms with Gasteiger partial charge in [0, 0.05) is 21.5 Å². The molecule has 10 aromatic rings. The molecule has 2 nitrogen and oxygen atoms in total. The molecule has 2 heterocycles. The van der Waals surface area contributed by atoms with Crippen molar-refractivity contribution in [3.8, 4) is 22.3 Å². The summed E-state index contributed by atoms with van der Waals surface area (Å²) in [5.74, 6) is 0. The van der Waals surface area contributed by atoms with E-state index in [1.165, 1.54) is 65.3 Å². The van der Waals surface area contributed by atoms with E-state index in [0.717, 1.165) is 33.1 Å². The Morgan fingerprint density at radius 1 is 0.310 bits per heavy atom. The summed E-state index contributed by atoms with van der Waals surface area (Å²) in [6.07, 6.45) is 0. The molecule has 194 valence electrons. The zero-order valence-electron chi connectivity index (χ0n) is 22.5. The van der Waals surface area contributed by atoms with Crippen molar-refractivity contribution in [1.82, 2.24) is 0 Å². The van der Waals surface area contributed by atoms with Gasteiger partial charge in [-0.25, -0.2) is 0 Å². The van der Waals surface area contributed by atoms with E-state index in [-0.39, 0.29) is 0 Å². The minimum Gasteiger partial charge on any atom is -0.456 e. The molecular weight excluding hydrogens is 512 g/mol. The average molecular weight is 535 g/mol. The number of para-hydroxylation sites is 1. The summed E-state index contributed by atoms with van der Waals surface area (Å²) in [4.78, 5) is 0.